The van der Waals surface area contributed by atoms with E-state index < -0.39 is 35.0 Å². The Kier molecular flexibility index (Phi) is 4.72. The van der Waals surface area contributed by atoms with Crippen LogP contribution in [0.25, 0.3) is 10.9 Å². The number of anilines is 1. The van der Waals surface area contributed by atoms with Gasteiger partial charge < -0.3 is 25.0 Å². The fraction of sp³-hybridized carbons (Fsp3) is 0.500. The van der Waals surface area contributed by atoms with E-state index in [1.54, 1.807) is 4.90 Å². The van der Waals surface area contributed by atoms with Gasteiger partial charge in [-0.15, -0.1) is 0 Å². The minimum absolute atomic E-state index is 0.0945. The molecule has 1 saturated heterocycles. The number of nitrogens with two attached hydrogens (primary N) is 1. The fourth-order valence-corrected chi connectivity index (χ4v) is 4.30. The van der Waals surface area contributed by atoms with Crippen molar-refractivity contribution in [1.82, 2.24) is 4.57 Å². The molecular weight excluding hydrogens is 384 g/mol. The number of fused-ring (bicyclic) bond motifs is 1. The molecule has 3 N–H and O–H groups in total. The third-order valence-corrected chi connectivity index (χ3v) is 6.00. The summed E-state index contributed by atoms with van der Waals surface area (Å²) in [6, 6.07) is 0.279. The highest BCUT2D eigenvalue weighted by Gasteiger charge is 2.41. The smallest absolute Gasteiger partial charge is 0.341 e. The summed E-state index contributed by atoms with van der Waals surface area (Å²) in [5.74, 6) is -1.86. The maximum absolute atomic E-state index is 15.2. The molecule has 0 bridgehead atoms. The molecule has 1 aromatic heterocycles. The molecular formula is C20H23F2N3O4. The van der Waals surface area contributed by atoms with E-state index in [1.807, 2.05) is 6.92 Å². The molecule has 2 aromatic rings. The van der Waals surface area contributed by atoms with E-state index in [2.05, 4.69) is 0 Å². The molecule has 1 aromatic carbocycles. The van der Waals surface area contributed by atoms with Crippen LogP contribution in [-0.4, -0.2) is 48.1 Å². The van der Waals surface area contributed by atoms with Crippen molar-refractivity contribution in [1.29, 1.82) is 0 Å². The Bertz CT molecular complexity index is 1050. The zero-order valence-corrected chi connectivity index (χ0v) is 16.2. The number of carboxylic acid groups (broad SMARTS) is 1. The van der Waals surface area contributed by atoms with Crippen molar-refractivity contribution in [2.75, 3.05) is 25.1 Å². The number of carbonyl (C=O) groups is 1. The number of ether oxygens (including phenoxy) is 1. The van der Waals surface area contributed by atoms with Crippen LogP contribution in [0.5, 0.6) is 5.75 Å². The summed E-state index contributed by atoms with van der Waals surface area (Å²) in [4.78, 5) is 26.0. The molecule has 29 heavy (non-hydrogen) atoms. The van der Waals surface area contributed by atoms with Crippen LogP contribution in [0.1, 0.15) is 36.2 Å². The van der Waals surface area contributed by atoms with Crippen molar-refractivity contribution in [2.24, 2.45) is 11.7 Å². The summed E-state index contributed by atoms with van der Waals surface area (Å²) >= 11 is 0. The third-order valence-electron chi connectivity index (χ3n) is 6.00. The Morgan fingerprint density at radius 2 is 2.10 bits per heavy atom. The zero-order chi connectivity index (χ0) is 21.0. The number of carboxylic acids is 1. The number of aromatic nitrogens is 1. The van der Waals surface area contributed by atoms with Crippen LogP contribution in [0, 0.1) is 11.7 Å². The van der Waals surface area contributed by atoms with Crippen molar-refractivity contribution < 1.29 is 23.4 Å². The van der Waals surface area contributed by atoms with Crippen LogP contribution >= 0.6 is 0 Å². The van der Waals surface area contributed by atoms with Crippen LogP contribution in [0.2, 0.25) is 0 Å². The van der Waals surface area contributed by atoms with E-state index in [-0.39, 0.29) is 40.7 Å². The van der Waals surface area contributed by atoms with Gasteiger partial charge in [0, 0.05) is 31.7 Å². The van der Waals surface area contributed by atoms with E-state index in [0.717, 1.165) is 18.7 Å². The first kappa shape index (κ1) is 19.6. The Labute approximate surface area is 165 Å². The first-order valence-electron chi connectivity index (χ1n) is 9.61. The molecule has 0 amide bonds. The molecule has 2 fully saturated rings. The zero-order valence-electron chi connectivity index (χ0n) is 16.2. The Hall–Kier alpha value is -2.68. The predicted molar refractivity (Wildman–Crippen MR) is 104 cm³/mol. The molecule has 2 aliphatic rings. The minimum Gasteiger partial charge on any atom is -0.492 e. The lowest BCUT2D eigenvalue weighted by molar-refractivity contribution is 0.0694. The molecule has 156 valence electrons. The normalized spacial score (nSPS) is 26.2. The summed E-state index contributed by atoms with van der Waals surface area (Å²) in [5, 5.41) is 9.23. The molecule has 0 unspecified atom stereocenters. The van der Waals surface area contributed by atoms with Gasteiger partial charge in [-0.1, -0.05) is 13.3 Å². The molecule has 9 heteroatoms. The van der Waals surface area contributed by atoms with E-state index >= 15 is 4.39 Å². The maximum atomic E-state index is 15.2. The average Bonchev–Trinajstić information content (AvgIpc) is 3.28. The number of nitrogens with zero attached hydrogens (tertiary/aromatic N) is 2. The Morgan fingerprint density at radius 1 is 1.41 bits per heavy atom. The molecule has 4 rings (SSSR count). The number of hydrogen-bond donors (Lipinski definition) is 2. The van der Waals surface area contributed by atoms with Gasteiger partial charge in [0.25, 0.3) is 0 Å². The summed E-state index contributed by atoms with van der Waals surface area (Å²) in [6.07, 6.45) is 1.00. The molecule has 2 heterocycles. The van der Waals surface area contributed by atoms with Gasteiger partial charge in [-0.25, -0.2) is 13.6 Å². The molecule has 1 aliphatic heterocycles. The average molecular weight is 407 g/mol. The highest BCUT2D eigenvalue weighted by atomic mass is 19.1. The van der Waals surface area contributed by atoms with E-state index in [9.17, 15) is 19.1 Å². The topological polar surface area (TPSA) is 97.8 Å². The standard InChI is InChI=1S/C20H23F2N3O4/c1-3-9-6-24(8-14(9)23)17-13(22)4-10-16(19(17)29-2)25(15-5-12(15)21)7-11(18(10)26)20(27)28/h4,7,9,12,14-15H,3,5-6,8,23H2,1-2H3,(H,27,28)/t9-,12+,14-,15-/m1/s1. The second-order valence-electron chi connectivity index (χ2n) is 7.78. The van der Waals surface area contributed by atoms with Crippen LogP contribution in [-0.2, 0) is 0 Å². The summed E-state index contributed by atoms with van der Waals surface area (Å²) in [7, 11) is 1.35. The van der Waals surface area contributed by atoms with Gasteiger partial charge in [0.05, 0.1) is 24.1 Å². The summed E-state index contributed by atoms with van der Waals surface area (Å²) < 4.78 is 36.0. The molecule has 4 atom stereocenters. The lowest BCUT2D eigenvalue weighted by Crippen LogP contribution is -2.29. The number of alkyl halides is 1. The third kappa shape index (κ3) is 3.04. The number of aromatic carboxylic acids is 1. The number of methoxy groups -OCH3 is 1. The first-order chi connectivity index (χ1) is 13.8. The van der Waals surface area contributed by atoms with E-state index in [0.29, 0.717) is 13.1 Å². The maximum Gasteiger partial charge on any atom is 0.341 e. The largest absolute Gasteiger partial charge is 0.492 e. The van der Waals surface area contributed by atoms with E-state index in [1.165, 1.54) is 11.7 Å². The number of pyridine rings is 1. The minimum atomic E-state index is -1.44. The van der Waals surface area contributed by atoms with Gasteiger partial charge in [-0.2, -0.15) is 0 Å². The molecule has 0 spiro atoms. The monoisotopic (exact) mass is 407 g/mol. The van der Waals surface area contributed by atoms with Crippen LogP contribution in [0.3, 0.4) is 0 Å². The molecule has 7 nitrogen and oxygen atoms in total. The van der Waals surface area contributed by atoms with Gasteiger partial charge >= 0.3 is 5.97 Å². The van der Waals surface area contributed by atoms with Crippen molar-refractivity contribution in [3.63, 3.8) is 0 Å². The van der Waals surface area contributed by atoms with Gasteiger partial charge in [0.2, 0.25) is 5.43 Å². The van der Waals surface area contributed by atoms with Crippen LogP contribution < -0.4 is 20.8 Å². The van der Waals surface area contributed by atoms with Crippen LogP contribution in [0.15, 0.2) is 17.1 Å². The molecule has 1 aliphatic carbocycles. The highest BCUT2D eigenvalue weighted by molar-refractivity contribution is 5.97. The SMILES string of the molecule is CC[C@@H]1CN(c2c(F)cc3c(=O)c(C(=O)O)cn([C@@H]4C[C@@H]4F)c3c2OC)C[C@H]1N. The van der Waals surface area contributed by atoms with Crippen molar-refractivity contribution >= 4 is 22.6 Å². The Balaban J connectivity index is 2.01. The van der Waals surface area contributed by atoms with Crippen molar-refractivity contribution in [3.8, 4) is 5.75 Å². The second kappa shape index (κ2) is 6.98. The van der Waals surface area contributed by atoms with Gasteiger partial charge in [-0.3, -0.25) is 4.79 Å². The van der Waals surface area contributed by atoms with Crippen LogP contribution in [0.4, 0.5) is 14.5 Å². The first-order valence-corrected chi connectivity index (χ1v) is 9.61. The summed E-state index contributed by atoms with van der Waals surface area (Å²) in [6.45, 7) is 2.97. The number of hydrogen-bond acceptors (Lipinski definition) is 5. The highest BCUT2D eigenvalue weighted by Crippen LogP contribution is 2.46. The number of rotatable bonds is 5. The van der Waals surface area contributed by atoms with Gasteiger partial charge in [0.15, 0.2) is 11.6 Å². The van der Waals surface area contributed by atoms with Gasteiger partial charge in [-0.05, 0) is 12.0 Å². The molecule has 1 saturated carbocycles. The number of halogens is 2. The fourth-order valence-electron chi connectivity index (χ4n) is 4.30. The predicted octanol–water partition coefficient (Wildman–Crippen LogP) is 2.30. The van der Waals surface area contributed by atoms with Crippen molar-refractivity contribution in [2.45, 2.75) is 38.0 Å². The Morgan fingerprint density at radius 3 is 2.62 bits per heavy atom. The summed E-state index contributed by atoms with van der Waals surface area (Å²) in [5.41, 5.74) is 5.20. The van der Waals surface area contributed by atoms with Crippen molar-refractivity contribution in [3.05, 3.63) is 33.9 Å². The lowest BCUT2D eigenvalue weighted by atomic mass is 10.0. The van der Waals surface area contributed by atoms with E-state index in [4.69, 9.17) is 10.5 Å². The number of benzene rings is 1. The van der Waals surface area contributed by atoms with Gasteiger partial charge in [0.1, 0.15) is 17.4 Å². The quantitative estimate of drug-likeness (QED) is 0.789. The lowest BCUT2D eigenvalue weighted by Gasteiger charge is -2.24. The second-order valence-corrected chi connectivity index (χ2v) is 7.78. The molecule has 0 radical (unpaired) electrons.